The van der Waals surface area contributed by atoms with Crippen molar-refractivity contribution in [3.05, 3.63) is 12.7 Å². The number of morpholine rings is 1. The highest BCUT2D eigenvalue weighted by molar-refractivity contribution is 5.76. The number of rotatable bonds is 11. The summed E-state index contributed by atoms with van der Waals surface area (Å²) in [6.45, 7) is 6.71. The van der Waals surface area contributed by atoms with Crippen molar-refractivity contribution in [1.29, 1.82) is 0 Å². The standard InChI is InChI=1S/C17H31NO2/c1-2-3-4-5-6-7-8-9-10-11-12-17(19)18-13-15-20-16-14-18/h2H,1,3-16H2. The summed E-state index contributed by atoms with van der Waals surface area (Å²) in [7, 11) is 0. The van der Waals surface area contributed by atoms with Gasteiger partial charge < -0.3 is 9.64 Å². The third-order valence-corrected chi connectivity index (χ3v) is 3.91. The molecule has 1 amide bonds. The van der Waals surface area contributed by atoms with Gasteiger partial charge >= 0.3 is 0 Å². The Morgan fingerprint density at radius 2 is 1.50 bits per heavy atom. The third-order valence-electron chi connectivity index (χ3n) is 3.91. The molecule has 0 N–H and O–H groups in total. The van der Waals surface area contributed by atoms with E-state index < -0.39 is 0 Å². The molecule has 1 saturated heterocycles. The van der Waals surface area contributed by atoms with Gasteiger partial charge in [0, 0.05) is 19.5 Å². The molecule has 0 aromatic carbocycles. The van der Waals surface area contributed by atoms with Gasteiger partial charge in [0.1, 0.15) is 0 Å². The van der Waals surface area contributed by atoms with Crippen molar-refractivity contribution in [2.24, 2.45) is 0 Å². The largest absolute Gasteiger partial charge is 0.378 e. The predicted molar refractivity (Wildman–Crippen MR) is 83.8 cm³/mol. The van der Waals surface area contributed by atoms with Crippen LogP contribution in [0.15, 0.2) is 12.7 Å². The highest BCUT2D eigenvalue weighted by atomic mass is 16.5. The summed E-state index contributed by atoms with van der Waals surface area (Å²) >= 11 is 0. The van der Waals surface area contributed by atoms with Crippen LogP contribution in [0.4, 0.5) is 0 Å². The van der Waals surface area contributed by atoms with Crippen molar-refractivity contribution in [3.8, 4) is 0 Å². The zero-order valence-electron chi connectivity index (χ0n) is 12.9. The van der Waals surface area contributed by atoms with E-state index in [0.717, 1.165) is 32.4 Å². The topological polar surface area (TPSA) is 29.5 Å². The molecule has 20 heavy (non-hydrogen) atoms. The molecule has 0 aromatic heterocycles. The Morgan fingerprint density at radius 3 is 2.10 bits per heavy atom. The molecule has 1 rings (SSSR count). The van der Waals surface area contributed by atoms with Gasteiger partial charge in [-0.2, -0.15) is 0 Å². The van der Waals surface area contributed by atoms with Crippen LogP contribution in [-0.2, 0) is 9.53 Å². The van der Waals surface area contributed by atoms with Crippen molar-refractivity contribution >= 4 is 5.91 Å². The van der Waals surface area contributed by atoms with Gasteiger partial charge in [-0.15, -0.1) is 6.58 Å². The molecule has 0 radical (unpaired) electrons. The van der Waals surface area contributed by atoms with Gasteiger partial charge in [0.25, 0.3) is 0 Å². The highest BCUT2D eigenvalue weighted by Gasteiger charge is 2.15. The second-order valence-electron chi connectivity index (χ2n) is 5.65. The van der Waals surface area contributed by atoms with Crippen LogP contribution >= 0.6 is 0 Å². The molecule has 0 aromatic rings. The van der Waals surface area contributed by atoms with E-state index >= 15 is 0 Å². The maximum atomic E-state index is 11.9. The number of ether oxygens (including phenoxy) is 1. The summed E-state index contributed by atoms with van der Waals surface area (Å²) in [6.07, 6.45) is 14.0. The Morgan fingerprint density at radius 1 is 0.950 bits per heavy atom. The molecule has 0 spiro atoms. The molecule has 0 bridgehead atoms. The molecule has 1 aliphatic rings. The summed E-state index contributed by atoms with van der Waals surface area (Å²) in [5.74, 6) is 0.317. The number of unbranched alkanes of at least 4 members (excludes halogenated alkanes) is 8. The van der Waals surface area contributed by atoms with Crippen molar-refractivity contribution in [3.63, 3.8) is 0 Å². The smallest absolute Gasteiger partial charge is 0.222 e. The molecule has 0 unspecified atom stereocenters. The zero-order chi connectivity index (χ0) is 14.5. The van der Waals surface area contributed by atoms with Crippen molar-refractivity contribution in [1.82, 2.24) is 4.90 Å². The molecule has 0 saturated carbocycles. The first-order chi connectivity index (χ1) is 9.84. The first-order valence-electron chi connectivity index (χ1n) is 8.31. The first kappa shape index (κ1) is 17.2. The van der Waals surface area contributed by atoms with Gasteiger partial charge in [-0.25, -0.2) is 0 Å². The average Bonchev–Trinajstić information content (AvgIpc) is 2.50. The van der Waals surface area contributed by atoms with Crippen LogP contribution < -0.4 is 0 Å². The summed E-state index contributed by atoms with van der Waals surface area (Å²) in [5.41, 5.74) is 0. The van der Waals surface area contributed by atoms with Crippen LogP contribution in [0.5, 0.6) is 0 Å². The maximum absolute atomic E-state index is 11.9. The Labute approximate surface area is 124 Å². The van der Waals surface area contributed by atoms with E-state index in [4.69, 9.17) is 4.74 Å². The third kappa shape index (κ3) is 8.36. The molecular formula is C17H31NO2. The Bertz CT molecular complexity index is 260. The fourth-order valence-electron chi connectivity index (χ4n) is 2.60. The highest BCUT2D eigenvalue weighted by Crippen LogP contribution is 2.11. The average molecular weight is 281 g/mol. The quantitative estimate of drug-likeness (QED) is 0.424. The van der Waals surface area contributed by atoms with E-state index in [-0.39, 0.29) is 0 Å². The molecule has 1 fully saturated rings. The van der Waals surface area contributed by atoms with Crippen LogP contribution in [0.3, 0.4) is 0 Å². The van der Waals surface area contributed by atoms with Gasteiger partial charge in [0.05, 0.1) is 13.2 Å². The number of allylic oxidation sites excluding steroid dienone is 1. The summed E-state index contributed by atoms with van der Waals surface area (Å²) in [4.78, 5) is 13.8. The van der Waals surface area contributed by atoms with Crippen LogP contribution in [0.25, 0.3) is 0 Å². The maximum Gasteiger partial charge on any atom is 0.222 e. The summed E-state index contributed by atoms with van der Waals surface area (Å²) < 4.78 is 5.26. The Hall–Kier alpha value is -0.830. The van der Waals surface area contributed by atoms with E-state index in [1.54, 1.807) is 0 Å². The zero-order valence-corrected chi connectivity index (χ0v) is 12.9. The molecule has 0 aliphatic carbocycles. The molecule has 116 valence electrons. The minimum Gasteiger partial charge on any atom is -0.378 e. The van der Waals surface area contributed by atoms with Crippen LogP contribution in [-0.4, -0.2) is 37.1 Å². The molecule has 0 atom stereocenters. The van der Waals surface area contributed by atoms with E-state index in [9.17, 15) is 4.79 Å². The van der Waals surface area contributed by atoms with E-state index in [1.165, 1.54) is 44.9 Å². The molecular weight excluding hydrogens is 250 g/mol. The van der Waals surface area contributed by atoms with Crippen molar-refractivity contribution < 1.29 is 9.53 Å². The van der Waals surface area contributed by atoms with Gasteiger partial charge in [-0.3, -0.25) is 4.79 Å². The first-order valence-corrected chi connectivity index (χ1v) is 8.31. The van der Waals surface area contributed by atoms with Gasteiger partial charge in [-0.1, -0.05) is 44.6 Å². The van der Waals surface area contributed by atoms with E-state index in [0.29, 0.717) is 19.1 Å². The fourth-order valence-corrected chi connectivity index (χ4v) is 2.60. The minimum atomic E-state index is 0.317. The summed E-state index contributed by atoms with van der Waals surface area (Å²) in [5, 5.41) is 0. The Kier molecular flexibility index (Phi) is 10.3. The van der Waals surface area contributed by atoms with Gasteiger partial charge in [0.15, 0.2) is 0 Å². The lowest BCUT2D eigenvalue weighted by atomic mass is 10.1. The van der Waals surface area contributed by atoms with E-state index in [1.807, 2.05) is 11.0 Å². The van der Waals surface area contributed by atoms with Gasteiger partial charge in [0.2, 0.25) is 5.91 Å². The molecule has 1 heterocycles. The minimum absolute atomic E-state index is 0.317. The molecule has 3 nitrogen and oxygen atoms in total. The lowest BCUT2D eigenvalue weighted by molar-refractivity contribution is -0.135. The van der Waals surface area contributed by atoms with Crippen LogP contribution in [0, 0.1) is 0 Å². The number of hydrogen-bond donors (Lipinski definition) is 0. The van der Waals surface area contributed by atoms with Crippen LogP contribution in [0.1, 0.15) is 64.2 Å². The van der Waals surface area contributed by atoms with Crippen LogP contribution in [0.2, 0.25) is 0 Å². The molecule has 1 aliphatic heterocycles. The predicted octanol–water partition coefficient (Wildman–Crippen LogP) is 3.93. The lowest BCUT2D eigenvalue weighted by Gasteiger charge is -2.26. The second kappa shape index (κ2) is 12.0. The fraction of sp³-hybridized carbons (Fsp3) is 0.824. The van der Waals surface area contributed by atoms with E-state index in [2.05, 4.69) is 6.58 Å². The second-order valence-corrected chi connectivity index (χ2v) is 5.65. The number of nitrogens with zero attached hydrogens (tertiary/aromatic N) is 1. The lowest BCUT2D eigenvalue weighted by Crippen LogP contribution is -2.40. The Balaban J connectivity index is 1.84. The SMILES string of the molecule is C=CCCCCCCCCCCC(=O)N1CCOCC1. The number of carbonyl (C=O) groups is 1. The van der Waals surface area contributed by atoms with Crippen molar-refractivity contribution in [2.75, 3.05) is 26.3 Å². The molecule has 3 heteroatoms. The van der Waals surface area contributed by atoms with Crippen molar-refractivity contribution in [2.45, 2.75) is 64.2 Å². The monoisotopic (exact) mass is 281 g/mol. The van der Waals surface area contributed by atoms with Gasteiger partial charge in [-0.05, 0) is 19.3 Å². The summed E-state index contributed by atoms with van der Waals surface area (Å²) in [6, 6.07) is 0. The number of hydrogen-bond acceptors (Lipinski definition) is 2. The number of amides is 1. The normalized spacial score (nSPS) is 15.3. The number of carbonyl (C=O) groups excluding carboxylic acids is 1.